The van der Waals surface area contributed by atoms with Crippen molar-refractivity contribution in [2.45, 2.75) is 20.3 Å². The minimum Gasteiger partial charge on any atom is -0.481 e. The van der Waals surface area contributed by atoms with Crippen molar-refractivity contribution >= 4 is 17.4 Å². The van der Waals surface area contributed by atoms with Gasteiger partial charge in [0.15, 0.2) is 0 Å². The normalized spacial score (nSPS) is 22.4. The van der Waals surface area contributed by atoms with E-state index in [1.807, 2.05) is 0 Å². The lowest BCUT2D eigenvalue weighted by atomic mass is 9.90. The van der Waals surface area contributed by atoms with Crippen molar-refractivity contribution in [1.29, 1.82) is 0 Å². The Bertz CT molecular complexity index is 594. The zero-order valence-electron chi connectivity index (χ0n) is 12.1. The molecule has 1 atom stereocenters. The number of hydrogen-bond acceptors (Lipinski definition) is 2. The lowest BCUT2D eigenvalue weighted by Crippen LogP contribution is -2.34. The van der Waals surface area contributed by atoms with Crippen LogP contribution in [0.4, 0.5) is 4.39 Å². The quantitative estimate of drug-likeness (QED) is 0.871. The number of nitrogens with zero attached hydrogens (tertiary/aromatic N) is 1. The first-order valence-corrected chi connectivity index (χ1v) is 6.78. The highest BCUT2D eigenvalue weighted by molar-refractivity contribution is 5.95. The second kappa shape index (κ2) is 5.68. The van der Waals surface area contributed by atoms with E-state index in [1.165, 1.54) is 18.2 Å². The van der Waals surface area contributed by atoms with Crippen LogP contribution in [0, 0.1) is 11.2 Å². The zero-order chi connectivity index (χ0) is 15.6. The Morgan fingerprint density at radius 2 is 1.95 bits per heavy atom. The Balaban J connectivity index is 2.09. The Morgan fingerprint density at radius 1 is 1.33 bits per heavy atom. The number of carboxylic acid groups (broad SMARTS) is 1. The number of likely N-dealkylation sites (tertiary alicyclic amines) is 1. The number of rotatable bonds is 3. The van der Waals surface area contributed by atoms with E-state index in [2.05, 4.69) is 0 Å². The summed E-state index contributed by atoms with van der Waals surface area (Å²) in [6.45, 7) is 4.08. The van der Waals surface area contributed by atoms with Crippen LogP contribution in [0.1, 0.15) is 25.8 Å². The van der Waals surface area contributed by atoms with Crippen LogP contribution in [-0.2, 0) is 9.59 Å². The van der Waals surface area contributed by atoms with Gasteiger partial charge in [-0.2, -0.15) is 0 Å². The molecule has 0 bridgehead atoms. The number of carbonyl (C=O) groups is 2. The van der Waals surface area contributed by atoms with Crippen LogP contribution < -0.4 is 0 Å². The van der Waals surface area contributed by atoms with Crippen molar-refractivity contribution in [1.82, 2.24) is 4.90 Å². The maximum absolute atomic E-state index is 12.9. The fraction of sp³-hybridized carbons (Fsp3) is 0.375. The molecule has 1 fully saturated rings. The van der Waals surface area contributed by atoms with E-state index in [-0.39, 0.29) is 18.3 Å². The smallest absolute Gasteiger partial charge is 0.311 e. The Labute approximate surface area is 122 Å². The summed E-state index contributed by atoms with van der Waals surface area (Å²) in [5, 5.41) is 9.17. The third kappa shape index (κ3) is 3.29. The van der Waals surface area contributed by atoms with Gasteiger partial charge < -0.3 is 10.0 Å². The van der Waals surface area contributed by atoms with Crippen molar-refractivity contribution in [2.75, 3.05) is 13.1 Å². The van der Waals surface area contributed by atoms with Crippen LogP contribution in [-0.4, -0.2) is 35.0 Å². The van der Waals surface area contributed by atoms with Gasteiger partial charge in [-0.25, -0.2) is 4.39 Å². The largest absolute Gasteiger partial charge is 0.481 e. The van der Waals surface area contributed by atoms with E-state index < -0.39 is 11.4 Å². The van der Waals surface area contributed by atoms with Crippen molar-refractivity contribution < 1.29 is 19.1 Å². The molecule has 1 aliphatic heterocycles. The molecule has 5 heteroatoms. The van der Waals surface area contributed by atoms with Gasteiger partial charge in [0.25, 0.3) is 0 Å². The summed E-state index contributed by atoms with van der Waals surface area (Å²) in [6.07, 6.45) is 1.93. The first kappa shape index (κ1) is 15.2. The summed E-state index contributed by atoms with van der Waals surface area (Å²) in [5.74, 6) is -1.41. The maximum atomic E-state index is 12.9. The predicted molar refractivity (Wildman–Crippen MR) is 77.0 cm³/mol. The van der Waals surface area contributed by atoms with Gasteiger partial charge in [0.1, 0.15) is 5.82 Å². The number of halogens is 1. The summed E-state index contributed by atoms with van der Waals surface area (Å²) in [6, 6.07) is 5.91. The van der Waals surface area contributed by atoms with Gasteiger partial charge in [0.2, 0.25) is 5.91 Å². The second-order valence-electron chi connectivity index (χ2n) is 5.71. The molecule has 0 radical (unpaired) electrons. The van der Waals surface area contributed by atoms with Crippen LogP contribution in [0.2, 0.25) is 0 Å². The summed E-state index contributed by atoms with van der Waals surface area (Å²) < 4.78 is 12.9. The van der Waals surface area contributed by atoms with Gasteiger partial charge in [-0.05, 0) is 43.5 Å². The molecule has 4 nitrogen and oxygen atoms in total. The number of carbonyl (C=O) groups excluding carboxylic acids is 1. The monoisotopic (exact) mass is 291 g/mol. The number of allylic oxidation sites excluding steroid dienone is 1. The maximum Gasteiger partial charge on any atom is 0.311 e. The third-order valence-corrected chi connectivity index (χ3v) is 3.94. The molecule has 0 spiro atoms. The highest BCUT2D eigenvalue weighted by atomic mass is 19.1. The highest BCUT2D eigenvalue weighted by Crippen LogP contribution is 2.30. The number of amides is 1. The minimum absolute atomic E-state index is 0.207. The lowest BCUT2D eigenvalue weighted by molar-refractivity contribution is -0.147. The van der Waals surface area contributed by atoms with E-state index in [9.17, 15) is 14.0 Å². The number of hydrogen-bond donors (Lipinski definition) is 1. The Hall–Kier alpha value is -2.17. The van der Waals surface area contributed by atoms with Gasteiger partial charge >= 0.3 is 5.97 Å². The molecule has 1 aliphatic rings. The minimum atomic E-state index is -0.878. The first-order valence-electron chi connectivity index (χ1n) is 6.78. The van der Waals surface area contributed by atoms with Crippen LogP contribution in [0.3, 0.4) is 0 Å². The highest BCUT2D eigenvalue weighted by Gasteiger charge is 2.41. The first-order chi connectivity index (χ1) is 9.82. The molecule has 2 rings (SSSR count). The average molecular weight is 291 g/mol. The molecule has 1 N–H and O–H groups in total. The van der Waals surface area contributed by atoms with Gasteiger partial charge in [0.05, 0.1) is 5.41 Å². The number of carboxylic acids is 1. The molecule has 0 saturated carbocycles. The van der Waals surface area contributed by atoms with Gasteiger partial charge in [0, 0.05) is 19.2 Å². The number of aliphatic carboxylic acids is 1. The summed E-state index contributed by atoms with van der Waals surface area (Å²) in [7, 11) is 0. The topological polar surface area (TPSA) is 57.6 Å². The zero-order valence-corrected chi connectivity index (χ0v) is 12.1. The molecule has 0 aromatic heterocycles. The van der Waals surface area contributed by atoms with Crippen LogP contribution in [0.5, 0.6) is 0 Å². The van der Waals surface area contributed by atoms with Crippen molar-refractivity contribution in [2.24, 2.45) is 5.41 Å². The second-order valence-corrected chi connectivity index (χ2v) is 5.71. The number of benzene rings is 1. The predicted octanol–water partition coefficient (Wildman–Crippen LogP) is 2.55. The van der Waals surface area contributed by atoms with E-state index in [0.29, 0.717) is 13.0 Å². The average Bonchev–Trinajstić information content (AvgIpc) is 2.83. The fourth-order valence-electron chi connectivity index (χ4n) is 2.40. The molecule has 1 heterocycles. The van der Waals surface area contributed by atoms with Crippen molar-refractivity contribution in [3.63, 3.8) is 0 Å². The molecule has 1 amide bonds. The van der Waals surface area contributed by atoms with Crippen LogP contribution in [0.15, 0.2) is 30.3 Å². The van der Waals surface area contributed by atoms with E-state index in [4.69, 9.17) is 5.11 Å². The molecular formula is C16H18FNO3. The van der Waals surface area contributed by atoms with Crippen LogP contribution >= 0.6 is 0 Å². The van der Waals surface area contributed by atoms with Crippen LogP contribution in [0.25, 0.3) is 5.57 Å². The molecule has 1 saturated heterocycles. The fourth-order valence-corrected chi connectivity index (χ4v) is 2.40. The van der Waals surface area contributed by atoms with Gasteiger partial charge in [-0.3, -0.25) is 9.59 Å². The molecule has 1 aromatic rings. The van der Waals surface area contributed by atoms with E-state index in [0.717, 1.165) is 11.1 Å². The summed E-state index contributed by atoms with van der Waals surface area (Å²) in [5.41, 5.74) is 0.627. The van der Waals surface area contributed by atoms with Crippen molar-refractivity contribution in [3.05, 3.63) is 41.7 Å². The summed E-state index contributed by atoms with van der Waals surface area (Å²) in [4.78, 5) is 24.9. The van der Waals surface area contributed by atoms with Gasteiger partial charge in [-0.1, -0.05) is 12.1 Å². The van der Waals surface area contributed by atoms with E-state index >= 15 is 0 Å². The SMILES string of the molecule is C/C(=C/C(=O)N1CCC(C)(C(=O)O)C1)c1ccc(F)cc1. The molecule has 21 heavy (non-hydrogen) atoms. The Kier molecular flexibility index (Phi) is 4.11. The molecule has 1 unspecified atom stereocenters. The molecule has 1 aromatic carbocycles. The molecular weight excluding hydrogens is 273 g/mol. The lowest BCUT2D eigenvalue weighted by Gasteiger charge is -2.19. The van der Waals surface area contributed by atoms with E-state index in [1.54, 1.807) is 30.9 Å². The standard InChI is InChI=1S/C16H18FNO3/c1-11(12-3-5-13(17)6-4-12)9-14(19)18-8-7-16(2,10-18)15(20)21/h3-6,9H,7-8,10H2,1-2H3,(H,20,21)/b11-9-. The molecule has 112 valence electrons. The molecule has 0 aliphatic carbocycles. The Morgan fingerprint density at radius 3 is 2.48 bits per heavy atom. The third-order valence-electron chi connectivity index (χ3n) is 3.94. The van der Waals surface area contributed by atoms with Crippen molar-refractivity contribution in [3.8, 4) is 0 Å². The van der Waals surface area contributed by atoms with Gasteiger partial charge in [-0.15, -0.1) is 0 Å². The summed E-state index contributed by atoms with van der Waals surface area (Å²) >= 11 is 0.